The standard InChI is InChI=1S/C15H33OP/c1-6-7-8-11-17(16,12-9-14(2)3)13-10-15(4)5/h14-15H,6-13H2,1-5H3. The minimum absolute atomic E-state index is 0.688. The Morgan fingerprint density at radius 2 is 1.29 bits per heavy atom. The first kappa shape index (κ1) is 17.2. The van der Waals surface area contributed by atoms with Crippen LogP contribution in [0.3, 0.4) is 0 Å². The maximum Gasteiger partial charge on any atom is 0.0877 e. The average molecular weight is 260 g/mol. The molecule has 0 rings (SSSR count). The highest BCUT2D eigenvalue weighted by Crippen LogP contribution is 2.48. The summed E-state index contributed by atoms with van der Waals surface area (Å²) in [7, 11) is -1.86. The lowest BCUT2D eigenvalue weighted by Crippen LogP contribution is -2.05. The largest absolute Gasteiger partial charge is 0.324 e. The van der Waals surface area contributed by atoms with Crippen LogP contribution < -0.4 is 0 Å². The van der Waals surface area contributed by atoms with Crippen molar-refractivity contribution in [3.63, 3.8) is 0 Å². The molecule has 0 aromatic rings. The van der Waals surface area contributed by atoms with Gasteiger partial charge < -0.3 is 4.57 Å². The second-order valence-electron chi connectivity index (χ2n) is 6.30. The molecule has 0 bridgehead atoms. The molecule has 0 N–H and O–H groups in total. The third kappa shape index (κ3) is 9.89. The molecule has 0 saturated heterocycles. The van der Waals surface area contributed by atoms with Crippen molar-refractivity contribution in [2.45, 2.75) is 66.7 Å². The number of rotatable bonds is 10. The van der Waals surface area contributed by atoms with E-state index < -0.39 is 7.14 Å². The van der Waals surface area contributed by atoms with Crippen LogP contribution in [-0.4, -0.2) is 18.5 Å². The maximum absolute atomic E-state index is 12.9. The zero-order valence-corrected chi connectivity index (χ0v) is 13.6. The van der Waals surface area contributed by atoms with Gasteiger partial charge in [0.1, 0.15) is 0 Å². The van der Waals surface area contributed by atoms with E-state index in [2.05, 4.69) is 34.6 Å². The Hall–Kier alpha value is 0.230. The van der Waals surface area contributed by atoms with E-state index in [-0.39, 0.29) is 0 Å². The third-order valence-corrected chi connectivity index (χ3v) is 6.67. The van der Waals surface area contributed by atoms with E-state index in [9.17, 15) is 4.57 Å². The van der Waals surface area contributed by atoms with Crippen molar-refractivity contribution < 1.29 is 4.57 Å². The van der Waals surface area contributed by atoms with Gasteiger partial charge in [0.2, 0.25) is 0 Å². The quantitative estimate of drug-likeness (QED) is 0.367. The molecule has 0 aliphatic heterocycles. The van der Waals surface area contributed by atoms with E-state index in [1.807, 2.05) is 0 Å². The van der Waals surface area contributed by atoms with Crippen LogP contribution in [0.25, 0.3) is 0 Å². The summed E-state index contributed by atoms with van der Waals surface area (Å²) in [5.41, 5.74) is 0. The van der Waals surface area contributed by atoms with Crippen molar-refractivity contribution in [1.29, 1.82) is 0 Å². The Kier molecular flexibility index (Phi) is 9.32. The van der Waals surface area contributed by atoms with Gasteiger partial charge in [-0.25, -0.2) is 0 Å². The lowest BCUT2D eigenvalue weighted by atomic mass is 10.2. The van der Waals surface area contributed by atoms with Crippen molar-refractivity contribution in [2.24, 2.45) is 11.8 Å². The van der Waals surface area contributed by atoms with Crippen LogP contribution >= 0.6 is 7.14 Å². The van der Waals surface area contributed by atoms with E-state index in [4.69, 9.17) is 0 Å². The predicted octanol–water partition coefficient (Wildman–Crippen LogP) is 5.63. The second-order valence-corrected chi connectivity index (χ2v) is 9.76. The molecule has 2 heteroatoms. The summed E-state index contributed by atoms with van der Waals surface area (Å²) in [6.45, 7) is 11.2. The van der Waals surface area contributed by atoms with E-state index >= 15 is 0 Å². The van der Waals surface area contributed by atoms with Gasteiger partial charge in [-0.15, -0.1) is 0 Å². The Bertz CT molecular complexity index is 205. The molecule has 0 aromatic carbocycles. The molecule has 0 aromatic heterocycles. The van der Waals surface area contributed by atoms with Gasteiger partial charge in [-0.1, -0.05) is 47.5 Å². The van der Waals surface area contributed by atoms with Crippen LogP contribution in [0.2, 0.25) is 0 Å². The first-order valence-electron chi connectivity index (χ1n) is 7.46. The monoisotopic (exact) mass is 260 g/mol. The van der Waals surface area contributed by atoms with Crippen molar-refractivity contribution in [3.05, 3.63) is 0 Å². The highest BCUT2D eigenvalue weighted by Gasteiger charge is 2.21. The molecule has 104 valence electrons. The second kappa shape index (κ2) is 9.20. The van der Waals surface area contributed by atoms with E-state index in [1.54, 1.807) is 0 Å². The van der Waals surface area contributed by atoms with Crippen LogP contribution in [0.4, 0.5) is 0 Å². The van der Waals surface area contributed by atoms with Crippen molar-refractivity contribution in [2.75, 3.05) is 18.5 Å². The number of hydrogen-bond acceptors (Lipinski definition) is 1. The highest BCUT2D eigenvalue weighted by molar-refractivity contribution is 7.63. The van der Waals surface area contributed by atoms with Gasteiger partial charge in [0.05, 0.1) is 7.14 Å². The molecule has 0 saturated carbocycles. The maximum atomic E-state index is 12.9. The zero-order chi connectivity index (χ0) is 13.3. The first-order chi connectivity index (χ1) is 7.89. The fourth-order valence-electron chi connectivity index (χ4n) is 1.97. The molecule has 0 aliphatic rings. The lowest BCUT2D eigenvalue weighted by Gasteiger charge is -2.20. The SMILES string of the molecule is CCCCCP(=O)(CCC(C)C)CCC(C)C. The predicted molar refractivity (Wildman–Crippen MR) is 80.6 cm³/mol. The summed E-state index contributed by atoms with van der Waals surface area (Å²) in [4.78, 5) is 0. The summed E-state index contributed by atoms with van der Waals surface area (Å²) in [6.07, 6.45) is 8.90. The summed E-state index contributed by atoms with van der Waals surface area (Å²) in [5.74, 6) is 1.38. The van der Waals surface area contributed by atoms with Crippen LogP contribution in [0, 0.1) is 11.8 Å². The Morgan fingerprint density at radius 1 is 0.824 bits per heavy atom. The van der Waals surface area contributed by atoms with E-state index in [0.29, 0.717) is 11.8 Å². The van der Waals surface area contributed by atoms with Crippen molar-refractivity contribution in [1.82, 2.24) is 0 Å². The van der Waals surface area contributed by atoms with Crippen molar-refractivity contribution in [3.8, 4) is 0 Å². The first-order valence-corrected chi connectivity index (χ1v) is 9.73. The van der Waals surface area contributed by atoms with Gasteiger partial charge in [-0.2, -0.15) is 0 Å². The summed E-state index contributed by atoms with van der Waals surface area (Å²) in [5, 5.41) is 0. The van der Waals surface area contributed by atoms with Gasteiger partial charge in [0.15, 0.2) is 0 Å². The van der Waals surface area contributed by atoms with Crippen LogP contribution in [-0.2, 0) is 4.57 Å². The summed E-state index contributed by atoms with van der Waals surface area (Å²) < 4.78 is 12.9. The van der Waals surface area contributed by atoms with Crippen LogP contribution in [0.15, 0.2) is 0 Å². The molecule has 0 spiro atoms. The van der Waals surface area contributed by atoms with Gasteiger partial charge >= 0.3 is 0 Å². The molecule has 17 heavy (non-hydrogen) atoms. The van der Waals surface area contributed by atoms with Crippen molar-refractivity contribution >= 4 is 7.14 Å². The molecule has 0 amide bonds. The van der Waals surface area contributed by atoms with E-state index in [1.165, 1.54) is 19.3 Å². The molecule has 0 radical (unpaired) electrons. The lowest BCUT2D eigenvalue weighted by molar-refractivity contribution is 0.546. The number of unbranched alkanes of at least 4 members (excludes halogenated alkanes) is 2. The molecular weight excluding hydrogens is 227 g/mol. The smallest absolute Gasteiger partial charge is 0.0877 e. The normalized spacial score (nSPS) is 12.6. The van der Waals surface area contributed by atoms with Crippen LogP contribution in [0.5, 0.6) is 0 Å². The summed E-state index contributed by atoms with van der Waals surface area (Å²) in [6, 6.07) is 0. The zero-order valence-electron chi connectivity index (χ0n) is 12.7. The average Bonchev–Trinajstić information content (AvgIpc) is 2.24. The van der Waals surface area contributed by atoms with Gasteiger partial charge in [-0.3, -0.25) is 0 Å². The Labute approximate surface area is 109 Å². The van der Waals surface area contributed by atoms with E-state index in [0.717, 1.165) is 31.3 Å². The third-order valence-electron chi connectivity index (χ3n) is 3.40. The fourth-order valence-corrected chi connectivity index (χ4v) is 5.42. The molecule has 0 unspecified atom stereocenters. The molecular formula is C15H33OP. The molecule has 0 fully saturated rings. The minimum atomic E-state index is -1.86. The topological polar surface area (TPSA) is 17.1 Å². The van der Waals surface area contributed by atoms with Gasteiger partial charge in [-0.05, 0) is 31.1 Å². The molecule has 1 nitrogen and oxygen atoms in total. The summed E-state index contributed by atoms with van der Waals surface area (Å²) >= 11 is 0. The Morgan fingerprint density at radius 3 is 1.65 bits per heavy atom. The highest BCUT2D eigenvalue weighted by atomic mass is 31.2. The molecule has 0 heterocycles. The fraction of sp³-hybridized carbons (Fsp3) is 1.00. The minimum Gasteiger partial charge on any atom is -0.324 e. The van der Waals surface area contributed by atoms with Gasteiger partial charge in [0.25, 0.3) is 0 Å². The Balaban J connectivity index is 4.19. The molecule has 0 atom stereocenters. The van der Waals surface area contributed by atoms with Crippen LogP contribution in [0.1, 0.15) is 66.7 Å². The molecule has 0 aliphatic carbocycles. The van der Waals surface area contributed by atoms with Gasteiger partial charge in [0, 0.05) is 18.5 Å². The number of hydrogen-bond donors (Lipinski definition) is 0.